The first-order chi connectivity index (χ1) is 5.89. The molecule has 77 valence electrons. The lowest BCUT2D eigenvalue weighted by Crippen LogP contribution is -2.38. The minimum atomic E-state index is -1.09. The first-order valence-electron chi connectivity index (χ1n) is 4.37. The summed E-state index contributed by atoms with van der Waals surface area (Å²) in [4.78, 5) is 0. The van der Waals surface area contributed by atoms with Crippen LogP contribution in [0.2, 0.25) is 0 Å². The second-order valence-electron chi connectivity index (χ2n) is 3.24. The van der Waals surface area contributed by atoms with Gasteiger partial charge in [-0.15, -0.1) is 0 Å². The molecule has 0 rings (SSSR count). The summed E-state index contributed by atoms with van der Waals surface area (Å²) in [6.07, 6.45) is 1.11. The summed E-state index contributed by atoms with van der Waals surface area (Å²) in [6.45, 7) is 14.5. The van der Waals surface area contributed by atoms with Gasteiger partial charge in [-0.05, 0) is 27.7 Å². The monoisotopic (exact) mass is 187 g/mol. The van der Waals surface area contributed by atoms with Gasteiger partial charge >= 0.3 is 5.97 Å². The molecule has 0 spiro atoms. The average molecular weight is 187 g/mol. The summed E-state index contributed by atoms with van der Waals surface area (Å²) < 4.78 is 15.9. The van der Waals surface area contributed by atoms with E-state index in [2.05, 4.69) is 13.5 Å². The zero-order chi connectivity index (χ0) is 10.5. The van der Waals surface area contributed by atoms with Gasteiger partial charge in [-0.1, -0.05) is 6.58 Å². The Morgan fingerprint density at radius 2 is 1.77 bits per heavy atom. The quantitative estimate of drug-likeness (QED) is 0.472. The van der Waals surface area contributed by atoms with Gasteiger partial charge in [0.25, 0.3) is 0 Å². The van der Waals surface area contributed by atoms with Crippen LogP contribution in [-0.2, 0) is 14.2 Å². The predicted octanol–water partition coefficient (Wildman–Crippen LogP) is 2.48. The maximum Gasteiger partial charge on any atom is 0.323 e. The van der Waals surface area contributed by atoms with E-state index in [1.165, 1.54) is 6.26 Å². The van der Waals surface area contributed by atoms with Gasteiger partial charge in [0, 0.05) is 6.92 Å². The van der Waals surface area contributed by atoms with Gasteiger partial charge < -0.3 is 14.2 Å². The Hall–Kier alpha value is -0.540. The summed E-state index contributed by atoms with van der Waals surface area (Å²) >= 11 is 0. The number of hydrogen-bond donors (Lipinski definition) is 0. The molecule has 0 bridgehead atoms. The van der Waals surface area contributed by atoms with E-state index in [0.29, 0.717) is 0 Å². The summed E-state index contributed by atoms with van der Waals surface area (Å²) in [5, 5.41) is 0. The molecule has 2 atom stereocenters. The molecular weight excluding hydrogens is 168 g/mol. The van der Waals surface area contributed by atoms with Crippen molar-refractivity contribution in [2.75, 3.05) is 0 Å². The van der Waals surface area contributed by atoms with E-state index in [-0.39, 0.29) is 12.2 Å². The number of rotatable bonds is 6. The van der Waals surface area contributed by atoms with Gasteiger partial charge in [0.05, 0.1) is 18.5 Å². The fourth-order valence-corrected chi connectivity index (χ4v) is 1.03. The van der Waals surface area contributed by atoms with E-state index >= 15 is 0 Å². The molecule has 0 aromatic heterocycles. The lowest BCUT2D eigenvalue weighted by atomic mass is 10.4. The van der Waals surface area contributed by atoms with Crippen LogP contribution in [0.3, 0.4) is 0 Å². The Balaban J connectivity index is 4.23. The lowest BCUT2D eigenvalue weighted by Gasteiger charge is -2.31. The van der Waals surface area contributed by atoms with Crippen LogP contribution in [0.25, 0.3) is 0 Å². The zero-order valence-electron chi connectivity index (χ0n) is 8.87. The lowest BCUT2D eigenvalue weighted by molar-refractivity contribution is -0.369. The molecule has 0 aromatic carbocycles. The molecule has 2 unspecified atom stereocenters. The van der Waals surface area contributed by atoms with Crippen LogP contribution in [0.4, 0.5) is 0 Å². The van der Waals surface area contributed by atoms with Crippen molar-refractivity contribution in [3.63, 3.8) is 0 Å². The number of hydrogen-bond acceptors (Lipinski definition) is 3. The zero-order valence-corrected chi connectivity index (χ0v) is 8.87. The molecule has 3 heteroatoms. The van der Waals surface area contributed by atoms with E-state index < -0.39 is 5.97 Å². The summed E-state index contributed by atoms with van der Waals surface area (Å²) in [5.41, 5.74) is 0. The summed E-state index contributed by atoms with van der Waals surface area (Å²) in [5.74, 6) is -1.09. The smallest absolute Gasteiger partial charge is 0.323 e. The first kappa shape index (κ1) is 12.5. The third kappa shape index (κ3) is 5.66. The van der Waals surface area contributed by atoms with Crippen molar-refractivity contribution in [2.45, 2.75) is 45.9 Å². The molecule has 0 aliphatic rings. The summed E-state index contributed by atoms with van der Waals surface area (Å²) in [6, 6.07) is 0. The van der Waals surface area contributed by atoms with Crippen LogP contribution >= 0.6 is 0 Å². The molecular formula is C10H19O3. The van der Waals surface area contributed by atoms with Crippen molar-refractivity contribution in [1.29, 1.82) is 0 Å². The van der Waals surface area contributed by atoms with Gasteiger partial charge in [0.15, 0.2) is 0 Å². The second kappa shape index (κ2) is 5.25. The Kier molecular flexibility index (Phi) is 5.03. The van der Waals surface area contributed by atoms with Gasteiger partial charge in [0.2, 0.25) is 0 Å². The fraction of sp³-hybridized carbons (Fsp3) is 0.700. The van der Waals surface area contributed by atoms with Crippen molar-refractivity contribution in [1.82, 2.24) is 0 Å². The van der Waals surface area contributed by atoms with E-state index in [9.17, 15) is 0 Å². The molecule has 0 aliphatic carbocycles. The van der Waals surface area contributed by atoms with Crippen molar-refractivity contribution in [3.05, 3.63) is 19.8 Å². The third-order valence-electron chi connectivity index (χ3n) is 1.16. The van der Waals surface area contributed by atoms with E-state index in [4.69, 9.17) is 14.2 Å². The highest BCUT2D eigenvalue weighted by molar-refractivity contribution is 4.62. The molecule has 0 fully saturated rings. The van der Waals surface area contributed by atoms with Gasteiger partial charge in [-0.3, -0.25) is 0 Å². The molecule has 0 saturated heterocycles. The maximum absolute atomic E-state index is 5.43. The third-order valence-corrected chi connectivity index (χ3v) is 1.16. The van der Waals surface area contributed by atoms with Gasteiger partial charge in [0.1, 0.15) is 0 Å². The van der Waals surface area contributed by atoms with Crippen molar-refractivity contribution < 1.29 is 14.2 Å². The highest BCUT2D eigenvalue weighted by atomic mass is 16.9. The van der Waals surface area contributed by atoms with Crippen LogP contribution in [0.15, 0.2) is 12.8 Å². The molecule has 0 N–H and O–H groups in total. The molecule has 13 heavy (non-hydrogen) atoms. The van der Waals surface area contributed by atoms with Crippen LogP contribution in [0.1, 0.15) is 27.7 Å². The molecule has 0 aliphatic heterocycles. The standard InChI is InChI=1S/C10H19O3/c1-7-11-10(6,12-8(2)3)13-9(4)5/h7-9H,1-2H2,3-6H3. The van der Waals surface area contributed by atoms with E-state index in [1.807, 2.05) is 20.8 Å². The minimum absolute atomic E-state index is 0.0173. The Bertz CT molecular complexity index is 142. The highest BCUT2D eigenvalue weighted by Crippen LogP contribution is 2.19. The van der Waals surface area contributed by atoms with Crippen LogP contribution in [-0.4, -0.2) is 18.2 Å². The average Bonchev–Trinajstić information content (AvgIpc) is 1.81. The van der Waals surface area contributed by atoms with Crippen molar-refractivity contribution in [2.24, 2.45) is 0 Å². The van der Waals surface area contributed by atoms with Crippen molar-refractivity contribution >= 4 is 0 Å². The van der Waals surface area contributed by atoms with Crippen molar-refractivity contribution in [3.8, 4) is 0 Å². The highest BCUT2D eigenvalue weighted by Gasteiger charge is 2.29. The minimum Gasteiger partial charge on any atom is -0.448 e. The first-order valence-corrected chi connectivity index (χ1v) is 4.37. The predicted molar refractivity (Wildman–Crippen MR) is 51.8 cm³/mol. The SMILES string of the molecule is [CH2]C(C)OC(C)(OC=C)OC(C)C. The number of ether oxygens (including phenoxy) is 3. The summed E-state index contributed by atoms with van der Waals surface area (Å²) in [7, 11) is 0. The normalized spacial score (nSPS) is 12.2. The van der Waals surface area contributed by atoms with Crippen LogP contribution < -0.4 is 0 Å². The Morgan fingerprint density at radius 3 is 2.08 bits per heavy atom. The molecule has 1 radical (unpaired) electrons. The molecule has 3 nitrogen and oxygen atoms in total. The second-order valence-corrected chi connectivity index (χ2v) is 3.24. The molecule has 0 saturated carbocycles. The van der Waals surface area contributed by atoms with Crippen LogP contribution in [0, 0.1) is 6.92 Å². The van der Waals surface area contributed by atoms with E-state index in [1.54, 1.807) is 6.92 Å². The van der Waals surface area contributed by atoms with E-state index in [0.717, 1.165) is 0 Å². The van der Waals surface area contributed by atoms with Gasteiger partial charge in [-0.25, -0.2) is 0 Å². The molecule has 0 aromatic rings. The fourth-order valence-electron chi connectivity index (χ4n) is 1.03. The maximum atomic E-state index is 5.43. The molecule has 0 amide bonds. The van der Waals surface area contributed by atoms with Crippen LogP contribution in [0.5, 0.6) is 0 Å². The largest absolute Gasteiger partial charge is 0.448 e. The Morgan fingerprint density at radius 1 is 1.23 bits per heavy atom. The topological polar surface area (TPSA) is 27.7 Å². The Labute approximate surface area is 80.7 Å². The molecule has 0 heterocycles. The van der Waals surface area contributed by atoms with Gasteiger partial charge in [-0.2, -0.15) is 0 Å².